The summed E-state index contributed by atoms with van der Waals surface area (Å²) in [7, 11) is 0. The van der Waals surface area contributed by atoms with E-state index in [9.17, 15) is 18.0 Å². The summed E-state index contributed by atoms with van der Waals surface area (Å²) in [6, 6.07) is 2.41. The number of carboxylic acid groups (broad SMARTS) is 1. The van der Waals surface area contributed by atoms with Crippen LogP contribution in [0.15, 0.2) is 24.5 Å². The Kier molecular flexibility index (Phi) is 3.48. The lowest BCUT2D eigenvalue weighted by molar-refractivity contribution is 0.139. The molecule has 2 aromatic rings. The van der Waals surface area contributed by atoms with Gasteiger partial charge in [0.1, 0.15) is 5.82 Å². The fraction of sp³-hybridized carbons (Fsp3) is 0.200. The Morgan fingerprint density at radius 3 is 2.41 bits per heavy atom. The Morgan fingerprint density at radius 2 is 1.77 bits per heavy atom. The van der Waals surface area contributed by atoms with E-state index in [2.05, 4.69) is 4.98 Å². The topological polar surface area (TPSA) is 53.4 Å². The van der Waals surface area contributed by atoms with Gasteiger partial charge in [0.05, 0.1) is 18.0 Å². The minimum Gasteiger partial charge on any atom is -0.465 e. The van der Waals surface area contributed by atoms with Crippen molar-refractivity contribution in [2.75, 3.05) is 6.54 Å². The largest absolute Gasteiger partial charge is 0.465 e. The number of fused-ring (bicyclic) bond motifs is 1. The number of rotatable bonds is 1. The third-order valence-electron chi connectivity index (χ3n) is 3.75. The van der Waals surface area contributed by atoms with Gasteiger partial charge in [-0.3, -0.25) is 4.98 Å². The Labute approximate surface area is 123 Å². The summed E-state index contributed by atoms with van der Waals surface area (Å²) in [4.78, 5) is 15.6. The number of carbonyl (C=O) groups is 1. The highest BCUT2D eigenvalue weighted by Gasteiger charge is 2.27. The third kappa shape index (κ3) is 2.28. The Morgan fingerprint density at radius 1 is 1.09 bits per heavy atom. The summed E-state index contributed by atoms with van der Waals surface area (Å²) < 4.78 is 41.8. The van der Waals surface area contributed by atoms with Gasteiger partial charge in [0.2, 0.25) is 0 Å². The number of benzene rings is 1. The number of hydrogen-bond acceptors (Lipinski definition) is 2. The fourth-order valence-corrected chi connectivity index (χ4v) is 2.70. The monoisotopic (exact) mass is 308 g/mol. The molecule has 114 valence electrons. The van der Waals surface area contributed by atoms with Gasteiger partial charge in [-0.25, -0.2) is 18.0 Å². The average Bonchev–Trinajstić information content (AvgIpc) is 2.49. The summed E-state index contributed by atoms with van der Waals surface area (Å²) in [5, 5.41) is 9.08. The second-order valence-corrected chi connectivity index (χ2v) is 4.98. The molecule has 1 N–H and O–H groups in total. The zero-order valence-corrected chi connectivity index (χ0v) is 11.3. The molecule has 1 aliphatic heterocycles. The van der Waals surface area contributed by atoms with Crippen LogP contribution >= 0.6 is 0 Å². The number of amides is 1. The van der Waals surface area contributed by atoms with Gasteiger partial charge in [-0.15, -0.1) is 0 Å². The van der Waals surface area contributed by atoms with E-state index in [1.54, 1.807) is 0 Å². The van der Waals surface area contributed by atoms with Crippen LogP contribution in [0.4, 0.5) is 18.0 Å². The summed E-state index contributed by atoms with van der Waals surface area (Å²) in [5.74, 6) is -2.25. The quantitative estimate of drug-likeness (QED) is 0.880. The molecular weight excluding hydrogens is 297 g/mol. The molecule has 3 rings (SSSR count). The van der Waals surface area contributed by atoms with E-state index >= 15 is 0 Å². The zero-order chi connectivity index (χ0) is 15.9. The molecular formula is C15H11F3N2O2. The summed E-state index contributed by atoms with van der Waals surface area (Å²) >= 11 is 0. The van der Waals surface area contributed by atoms with Crippen molar-refractivity contribution in [3.63, 3.8) is 0 Å². The summed E-state index contributed by atoms with van der Waals surface area (Å²) in [6.07, 6.45) is 0.740. The van der Waals surface area contributed by atoms with Gasteiger partial charge in [-0.05, 0) is 29.2 Å². The third-order valence-corrected chi connectivity index (χ3v) is 3.75. The average molecular weight is 308 g/mol. The smallest absolute Gasteiger partial charge is 0.407 e. The molecule has 0 radical (unpaired) electrons. The van der Waals surface area contributed by atoms with E-state index < -0.39 is 23.5 Å². The molecule has 1 aliphatic rings. The molecule has 0 spiro atoms. The van der Waals surface area contributed by atoms with E-state index in [-0.39, 0.29) is 36.2 Å². The predicted octanol–water partition coefficient (Wildman–Crippen LogP) is 3.20. The van der Waals surface area contributed by atoms with Gasteiger partial charge < -0.3 is 10.0 Å². The highest BCUT2D eigenvalue weighted by atomic mass is 19.1. The van der Waals surface area contributed by atoms with Crippen LogP contribution in [0.5, 0.6) is 0 Å². The second-order valence-electron chi connectivity index (χ2n) is 4.98. The molecule has 1 aromatic carbocycles. The van der Waals surface area contributed by atoms with E-state index in [4.69, 9.17) is 5.11 Å². The molecule has 0 saturated carbocycles. The minimum absolute atomic E-state index is 0.112. The number of halogens is 3. The lowest BCUT2D eigenvalue weighted by Gasteiger charge is -2.28. The standard InChI is InChI=1S/C15H11F3N2O2/c16-11-2-1-9(14-12(17)5-19-6-13(14)18)10-7-20(15(21)22)4-3-8(10)11/h1-2,5-6H,3-4,7H2,(H,21,22). The van der Waals surface area contributed by atoms with Gasteiger partial charge in [-0.1, -0.05) is 6.07 Å². The van der Waals surface area contributed by atoms with Crippen LogP contribution in [0.25, 0.3) is 11.1 Å². The lowest BCUT2D eigenvalue weighted by atomic mass is 9.91. The molecule has 0 bridgehead atoms. The van der Waals surface area contributed by atoms with Crippen LogP contribution in [-0.2, 0) is 13.0 Å². The van der Waals surface area contributed by atoms with Crippen LogP contribution in [-0.4, -0.2) is 27.6 Å². The van der Waals surface area contributed by atoms with Crippen molar-refractivity contribution in [2.24, 2.45) is 0 Å². The van der Waals surface area contributed by atoms with Crippen LogP contribution in [0.3, 0.4) is 0 Å². The van der Waals surface area contributed by atoms with Crippen molar-refractivity contribution in [3.8, 4) is 11.1 Å². The van der Waals surface area contributed by atoms with Crippen molar-refractivity contribution in [1.82, 2.24) is 9.88 Å². The highest BCUT2D eigenvalue weighted by molar-refractivity contribution is 5.72. The molecule has 22 heavy (non-hydrogen) atoms. The highest BCUT2D eigenvalue weighted by Crippen LogP contribution is 2.34. The maximum atomic E-state index is 13.9. The first-order valence-corrected chi connectivity index (χ1v) is 6.56. The Balaban J connectivity index is 2.20. The molecule has 7 heteroatoms. The van der Waals surface area contributed by atoms with Gasteiger partial charge in [0.15, 0.2) is 11.6 Å². The van der Waals surface area contributed by atoms with E-state index in [1.165, 1.54) is 6.07 Å². The maximum absolute atomic E-state index is 13.9. The molecule has 0 atom stereocenters. The van der Waals surface area contributed by atoms with Crippen LogP contribution < -0.4 is 0 Å². The molecule has 2 heterocycles. The van der Waals surface area contributed by atoms with Crippen molar-refractivity contribution < 1.29 is 23.1 Å². The lowest BCUT2D eigenvalue weighted by Crippen LogP contribution is -2.35. The van der Waals surface area contributed by atoms with Gasteiger partial charge in [0.25, 0.3) is 0 Å². The maximum Gasteiger partial charge on any atom is 0.407 e. The summed E-state index contributed by atoms with van der Waals surface area (Å²) in [5.41, 5.74) is 0.418. The number of hydrogen-bond donors (Lipinski definition) is 1. The minimum atomic E-state index is -1.16. The normalized spacial score (nSPS) is 13.9. The van der Waals surface area contributed by atoms with Gasteiger partial charge in [0, 0.05) is 13.1 Å². The fourth-order valence-electron chi connectivity index (χ4n) is 2.70. The Bertz CT molecular complexity index is 744. The first-order valence-electron chi connectivity index (χ1n) is 6.56. The molecule has 0 fully saturated rings. The van der Waals surface area contributed by atoms with Crippen LogP contribution in [0, 0.1) is 17.5 Å². The first-order chi connectivity index (χ1) is 10.5. The van der Waals surface area contributed by atoms with E-state index in [0.717, 1.165) is 23.4 Å². The van der Waals surface area contributed by atoms with Crippen LogP contribution in [0.2, 0.25) is 0 Å². The van der Waals surface area contributed by atoms with Crippen molar-refractivity contribution in [1.29, 1.82) is 0 Å². The number of aromatic nitrogens is 1. The molecule has 4 nitrogen and oxygen atoms in total. The summed E-state index contributed by atoms with van der Waals surface area (Å²) in [6.45, 7) is 0.0307. The first kappa shape index (κ1) is 14.4. The van der Waals surface area contributed by atoms with Crippen molar-refractivity contribution in [2.45, 2.75) is 13.0 Å². The van der Waals surface area contributed by atoms with Crippen molar-refractivity contribution >= 4 is 6.09 Å². The molecule has 0 saturated heterocycles. The van der Waals surface area contributed by atoms with E-state index in [1.807, 2.05) is 0 Å². The molecule has 0 unspecified atom stereocenters. The second kappa shape index (κ2) is 5.32. The van der Waals surface area contributed by atoms with Gasteiger partial charge in [-0.2, -0.15) is 0 Å². The SMILES string of the molecule is O=C(O)N1CCc2c(F)ccc(-c3c(F)cncc3F)c2C1. The van der Waals surface area contributed by atoms with Gasteiger partial charge >= 0.3 is 6.09 Å². The molecule has 1 amide bonds. The van der Waals surface area contributed by atoms with Crippen LogP contribution in [0.1, 0.15) is 11.1 Å². The van der Waals surface area contributed by atoms with Crippen molar-refractivity contribution in [3.05, 3.63) is 53.1 Å². The zero-order valence-electron chi connectivity index (χ0n) is 11.3. The predicted molar refractivity (Wildman–Crippen MR) is 71.7 cm³/mol. The number of nitrogens with zero attached hydrogens (tertiary/aromatic N) is 2. The Hall–Kier alpha value is -2.57. The number of pyridine rings is 1. The van der Waals surface area contributed by atoms with E-state index in [0.29, 0.717) is 5.56 Å². The molecule has 0 aliphatic carbocycles. The molecule has 1 aromatic heterocycles.